The highest BCUT2D eigenvalue weighted by molar-refractivity contribution is 6.05. The van der Waals surface area contributed by atoms with Gasteiger partial charge in [0.2, 0.25) is 5.91 Å². The van der Waals surface area contributed by atoms with Crippen molar-refractivity contribution in [2.75, 3.05) is 7.11 Å². The largest absolute Gasteiger partial charge is 0.497 e. The van der Waals surface area contributed by atoms with Gasteiger partial charge in [-0.1, -0.05) is 26.0 Å². The van der Waals surface area contributed by atoms with Crippen molar-refractivity contribution in [1.29, 1.82) is 0 Å². The smallest absolute Gasteiger partial charge is 0.240 e. The maximum absolute atomic E-state index is 12.0. The first kappa shape index (κ1) is 15.8. The first-order valence-corrected chi connectivity index (χ1v) is 6.36. The minimum atomic E-state index is -0.160. The number of hydrogen-bond donors (Lipinski definition) is 2. The van der Waals surface area contributed by atoms with Crippen LogP contribution in [0.15, 0.2) is 36.0 Å². The summed E-state index contributed by atoms with van der Waals surface area (Å²) in [6.07, 6.45) is 1.43. The van der Waals surface area contributed by atoms with E-state index in [1.54, 1.807) is 52.1 Å². The molecule has 0 heterocycles. The average molecular weight is 276 g/mol. The predicted octanol–water partition coefficient (Wildman–Crippen LogP) is 2.06. The number of amides is 1. The molecule has 0 aromatic heterocycles. The van der Waals surface area contributed by atoms with Crippen LogP contribution in [0.2, 0.25) is 0 Å². The van der Waals surface area contributed by atoms with Crippen LogP contribution >= 0.6 is 0 Å². The lowest BCUT2D eigenvalue weighted by molar-refractivity contribution is -0.124. The fourth-order valence-corrected chi connectivity index (χ4v) is 1.40. The van der Waals surface area contributed by atoms with E-state index < -0.39 is 0 Å². The topological polar surface area (TPSA) is 67.4 Å². The highest BCUT2D eigenvalue weighted by Gasteiger charge is 2.07. The lowest BCUT2D eigenvalue weighted by atomic mass is 10.1. The molecule has 20 heavy (non-hydrogen) atoms. The number of methoxy groups -OCH3 is 1. The van der Waals surface area contributed by atoms with Crippen LogP contribution in [0.5, 0.6) is 5.75 Å². The van der Waals surface area contributed by atoms with Crippen molar-refractivity contribution in [3.05, 3.63) is 41.6 Å². The third-order valence-electron chi connectivity index (χ3n) is 2.61. The van der Waals surface area contributed by atoms with Crippen molar-refractivity contribution in [3.63, 3.8) is 0 Å². The van der Waals surface area contributed by atoms with Crippen LogP contribution in [0.1, 0.15) is 31.1 Å². The van der Waals surface area contributed by atoms with Crippen LogP contribution in [-0.4, -0.2) is 18.8 Å². The highest BCUT2D eigenvalue weighted by atomic mass is 16.5. The van der Waals surface area contributed by atoms with Gasteiger partial charge in [-0.3, -0.25) is 15.0 Å². The number of allylic oxidation sites excluding steroid dienone is 2. The summed E-state index contributed by atoms with van der Waals surface area (Å²) in [5, 5.41) is 0. The molecule has 0 saturated carbocycles. The van der Waals surface area contributed by atoms with E-state index in [4.69, 9.17) is 4.74 Å². The first-order chi connectivity index (χ1) is 9.43. The van der Waals surface area contributed by atoms with E-state index in [2.05, 4.69) is 10.9 Å². The summed E-state index contributed by atoms with van der Waals surface area (Å²) in [6, 6.07) is 6.90. The summed E-state index contributed by atoms with van der Waals surface area (Å²) in [5.74, 6) is 0.214. The second-order valence-corrected chi connectivity index (χ2v) is 4.69. The van der Waals surface area contributed by atoms with Gasteiger partial charge in [0.1, 0.15) is 5.75 Å². The molecule has 5 heteroatoms. The van der Waals surface area contributed by atoms with Crippen LogP contribution in [0, 0.1) is 5.92 Å². The molecule has 2 N–H and O–H groups in total. The van der Waals surface area contributed by atoms with E-state index in [-0.39, 0.29) is 17.6 Å². The number of hydrazine groups is 1. The fourth-order valence-electron chi connectivity index (χ4n) is 1.40. The number of nitrogens with one attached hydrogen (secondary N) is 2. The molecule has 0 aliphatic carbocycles. The van der Waals surface area contributed by atoms with Crippen LogP contribution in [-0.2, 0) is 4.79 Å². The molecule has 0 fully saturated rings. The van der Waals surface area contributed by atoms with E-state index in [0.29, 0.717) is 17.0 Å². The van der Waals surface area contributed by atoms with E-state index >= 15 is 0 Å². The first-order valence-electron chi connectivity index (χ1n) is 6.36. The number of ether oxygens (including phenoxy) is 1. The Labute approximate surface area is 119 Å². The molecule has 1 amide bonds. The van der Waals surface area contributed by atoms with Crippen molar-refractivity contribution >= 4 is 11.7 Å². The lowest BCUT2D eigenvalue weighted by Crippen LogP contribution is -2.38. The Morgan fingerprint density at radius 3 is 2.55 bits per heavy atom. The van der Waals surface area contributed by atoms with Gasteiger partial charge in [0, 0.05) is 23.3 Å². The van der Waals surface area contributed by atoms with Crippen LogP contribution in [0.4, 0.5) is 0 Å². The van der Waals surface area contributed by atoms with Crippen LogP contribution < -0.4 is 15.6 Å². The summed E-state index contributed by atoms with van der Waals surface area (Å²) in [5.41, 5.74) is 6.32. The molecule has 1 rings (SSSR count). The van der Waals surface area contributed by atoms with E-state index in [9.17, 15) is 9.59 Å². The summed E-state index contributed by atoms with van der Waals surface area (Å²) in [6.45, 7) is 5.29. The third-order valence-corrected chi connectivity index (χ3v) is 2.61. The highest BCUT2D eigenvalue weighted by Crippen LogP contribution is 2.13. The molecular weight excluding hydrogens is 256 g/mol. The van der Waals surface area contributed by atoms with E-state index in [1.807, 2.05) is 0 Å². The second kappa shape index (κ2) is 7.33. The molecule has 0 atom stereocenters. The molecule has 0 spiro atoms. The molecule has 108 valence electrons. The monoisotopic (exact) mass is 276 g/mol. The van der Waals surface area contributed by atoms with Crippen molar-refractivity contribution in [2.45, 2.75) is 20.8 Å². The molecule has 0 unspecified atom stereocenters. The summed E-state index contributed by atoms with van der Waals surface area (Å²) >= 11 is 0. The molecule has 1 aromatic rings. The summed E-state index contributed by atoms with van der Waals surface area (Å²) < 4.78 is 5.07. The number of carbonyl (C=O) groups excluding carboxylic acids is 2. The lowest BCUT2D eigenvalue weighted by Gasteiger charge is -2.10. The molecule has 0 aliphatic rings. The van der Waals surface area contributed by atoms with Gasteiger partial charge in [0.05, 0.1) is 7.11 Å². The van der Waals surface area contributed by atoms with E-state index in [0.717, 1.165) is 0 Å². The maximum Gasteiger partial charge on any atom is 0.240 e. The van der Waals surface area contributed by atoms with Gasteiger partial charge in [-0.2, -0.15) is 0 Å². The number of rotatable bonds is 6. The van der Waals surface area contributed by atoms with Crippen LogP contribution in [0.25, 0.3) is 0 Å². The number of ketones is 1. The second-order valence-electron chi connectivity index (χ2n) is 4.69. The van der Waals surface area contributed by atoms with Crippen molar-refractivity contribution in [2.24, 2.45) is 5.92 Å². The Morgan fingerprint density at radius 1 is 1.25 bits per heavy atom. The minimum absolute atomic E-state index is 0.121. The number of hydrogen-bond acceptors (Lipinski definition) is 4. The molecule has 5 nitrogen and oxygen atoms in total. The summed E-state index contributed by atoms with van der Waals surface area (Å²) in [4.78, 5) is 23.4. The molecule has 0 saturated heterocycles. The van der Waals surface area contributed by atoms with Gasteiger partial charge in [0.25, 0.3) is 0 Å². The van der Waals surface area contributed by atoms with Gasteiger partial charge in [0.15, 0.2) is 5.78 Å². The van der Waals surface area contributed by atoms with Crippen molar-refractivity contribution < 1.29 is 14.3 Å². The van der Waals surface area contributed by atoms with Gasteiger partial charge in [-0.25, -0.2) is 0 Å². The normalized spacial score (nSPS) is 11.2. The molecular formula is C15H20N2O3. The van der Waals surface area contributed by atoms with Gasteiger partial charge >= 0.3 is 0 Å². The van der Waals surface area contributed by atoms with Crippen LogP contribution in [0.3, 0.4) is 0 Å². The predicted molar refractivity (Wildman–Crippen MR) is 77.2 cm³/mol. The number of carbonyl (C=O) groups is 2. The SMILES string of the molecule is COc1cccc(C(=O)/C=C(\C)NNC(=O)C(C)C)c1. The van der Waals surface area contributed by atoms with Crippen molar-refractivity contribution in [1.82, 2.24) is 10.9 Å². The Hall–Kier alpha value is -2.30. The van der Waals surface area contributed by atoms with Crippen molar-refractivity contribution in [3.8, 4) is 5.75 Å². The zero-order chi connectivity index (χ0) is 15.1. The Balaban J connectivity index is 2.67. The Morgan fingerprint density at radius 2 is 1.95 bits per heavy atom. The van der Waals surface area contributed by atoms with Gasteiger partial charge < -0.3 is 10.2 Å². The standard InChI is InChI=1S/C15H20N2O3/c1-10(2)15(19)17-16-11(3)8-14(18)12-6-5-7-13(9-12)20-4/h5-10,16H,1-4H3,(H,17,19)/b11-8+. The Kier molecular flexibility index (Phi) is 5.77. The number of benzene rings is 1. The van der Waals surface area contributed by atoms with Gasteiger partial charge in [-0.05, 0) is 19.1 Å². The Bertz CT molecular complexity index is 522. The zero-order valence-electron chi connectivity index (χ0n) is 12.2. The minimum Gasteiger partial charge on any atom is -0.497 e. The maximum atomic E-state index is 12.0. The third kappa shape index (κ3) is 4.76. The van der Waals surface area contributed by atoms with E-state index in [1.165, 1.54) is 6.08 Å². The zero-order valence-corrected chi connectivity index (χ0v) is 12.2. The molecule has 0 aliphatic heterocycles. The average Bonchev–Trinajstić information content (AvgIpc) is 2.44. The molecule has 0 radical (unpaired) electrons. The fraction of sp³-hybridized carbons (Fsp3) is 0.333. The summed E-state index contributed by atoms with van der Waals surface area (Å²) in [7, 11) is 1.55. The quantitative estimate of drug-likeness (QED) is 0.474. The molecule has 1 aromatic carbocycles. The molecule has 0 bridgehead atoms. The van der Waals surface area contributed by atoms with Gasteiger partial charge in [-0.15, -0.1) is 0 Å².